The van der Waals surface area contributed by atoms with Crippen LogP contribution in [0.3, 0.4) is 0 Å². The summed E-state index contributed by atoms with van der Waals surface area (Å²) in [5.41, 5.74) is 2.82. The van der Waals surface area contributed by atoms with E-state index in [-0.39, 0.29) is 23.3 Å². The average Bonchev–Trinajstić information content (AvgIpc) is 3.33. The molecule has 2 aromatic carbocycles. The van der Waals surface area contributed by atoms with Crippen LogP contribution in [0.1, 0.15) is 51.1 Å². The molecule has 2 aromatic heterocycles. The van der Waals surface area contributed by atoms with Crippen molar-refractivity contribution in [3.8, 4) is 17.3 Å². The van der Waals surface area contributed by atoms with E-state index in [2.05, 4.69) is 16.4 Å². The van der Waals surface area contributed by atoms with Crippen LogP contribution in [0, 0.1) is 23.0 Å². The van der Waals surface area contributed by atoms with Crippen LogP contribution in [0.5, 0.6) is 0 Å². The molecule has 8 nitrogen and oxygen atoms in total. The smallest absolute Gasteiger partial charge is 0.407 e. The highest BCUT2D eigenvalue weighted by molar-refractivity contribution is 7.16. The number of hydrogen-bond donors (Lipinski definition) is 1. The summed E-state index contributed by atoms with van der Waals surface area (Å²) < 4.78 is 34.5. The van der Waals surface area contributed by atoms with Crippen molar-refractivity contribution in [2.24, 2.45) is 0 Å². The summed E-state index contributed by atoms with van der Waals surface area (Å²) in [5, 5.41) is 13.8. The highest BCUT2D eigenvalue weighted by Gasteiger charge is 2.31. The molecule has 0 spiro atoms. The standard InChI is InChI=1S/C31H32F2N6O2S/c1-17(2)24-13-25(38(6)29-37-27(26(14-34)42-29)18-7-9-19(32)10-8-18)22-11-21(12-23(33)28(22)36-24)39-15-20(16-39)35-30(40)41-31(3,4)5/h7-13,17,20H,15-16H2,1-6H3,(H,35,40). The molecule has 1 aliphatic rings. The van der Waals surface area contributed by atoms with Crippen molar-refractivity contribution < 1.29 is 18.3 Å². The maximum Gasteiger partial charge on any atom is 0.407 e. The van der Waals surface area contributed by atoms with Crippen molar-refractivity contribution in [3.63, 3.8) is 0 Å². The largest absolute Gasteiger partial charge is 0.444 e. The van der Waals surface area contributed by atoms with Gasteiger partial charge in [-0.3, -0.25) is 0 Å². The molecule has 1 saturated heterocycles. The summed E-state index contributed by atoms with van der Waals surface area (Å²) in [6.07, 6.45) is -0.480. The molecular weight excluding hydrogens is 558 g/mol. The second-order valence-electron chi connectivity index (χ2n) is 11.6. The molecule has 0 radical (unpaired) electrons. The summed E-state index contributed by atoms with van der Waals surface area (Å²) in [6.45, 7) is 10.4. The van der Waals surface area contributed by atoms with Gasteiger partial charge in [-0.1, -0.05) is 25.2 Å². The number of halogens is 2. The van der Waals surface area contributed by atoms with Gasteiger partial charge in [0.2, 0.25) is 0 Å². The molecule has 3 heterocycles. The number of nitriles is 1. The van der Waals surface area contributed by atoms with E-state index >= 15 is 4.39 Å². The first-order valence-electron chi connectivity index (χ1n) is 13.6. The van der Waals surface area contributed by atoms with Crippen LogP contribution in [0.25, 0.3) is 22.2 Å². The lowest BCUT2D eigenvalue weighted by molar-refractivity contribution is 0.0496. The molecule has 1 amide bonds. The number of anilines is 3. The topological polar surface area (TPSA) is 94.4 Å². The van der Waals surface area contributed by atoms with E-state index in [1.165, 1.54) is 29.5 Å². The average molecular weight is 591 g/mol. The predicted octanol–water partition coefficient (Wildman–Crippen LogP) is 7.11. The Balaban J connectivity index is 1.49. The van der Waals surface area contributed by atoms with Crippen LogP contribution >= 0.6 is 11.3 Å². The van der Waals surface area contributed by atoms with Gasteiger partial charge in [0.25, 0.3) is 0 Å². The third-order valence-electron chi connectivity index (χ3n) is 6.89. The molecule has 218 valence electrons. The molecule has 1 N–H and O–H groups in total. The minimum Gasteiger partial charge on any atom is -0.444 e. The molecule has 1 aliphatic heterocycles. The summed E-state index contributed by atoms with van der Waals surface area (Å²) >= 11 is 1.21. The number of nitrogens with zero attached hydrogens (tertiary/aromatic N) is 5. The number of carbonyl (C=O) groups is 1. The fraction of sp³-hybridized carbons (Fsp3) is 0.355. The zero-order valence-corrected chi connectivity index (χ0v) is 25.1. The van der Waals surface area contributed by atoms with Crippen molar-refractivity contribution in [1.82, 2.24) is 15.3 Å². The minimum absolute atomic E-state index is 0.0384. The van der Waals surface area contributed by atoms with E-state index in [4.69, 9.17) is 9.72 Å². The molecule has 0 bridgehead atoms. The van der Waals surface area contributed by atoms with Crippen LogP contribution in [0.15, 0.2) is 42.5 Å². The quantitative estimate of drug-likeness (QED) is 0.256. The maximum atomic E-state index is 15.6. The van der Waals surface area contributed by atoms with Gasteiger partial charge in [0.15, 0.2) is 10.9 Å². The number of ether oxygens (including phenoxy) is 1. The van der Waals surface area contributed by atoms with E-state index in [0.29, 0.717) is 51.1 Å². The monoisotopic (exact) mass is 590 g/mol. The number of alkyl carbamates (subject to hydrolysis) is 1. The van der Waals surface area contributed by atoms with Crippen molar-refractivity contribution in [2.45, 2.75) is 52.2 Å². The Kier molecular flexibility index (Phi) is 7.77. The van der Waals surface area contributed by atoms with E-state index in [9.17, 15) is 14.4 Å². The Morgan fingerprint density at radius 3 is 2.48 bits per heavy atom. The van der Waals surface area contributed by atoms with Gasteiger partial charge in [0.05, 0.1) is 11.7 Å². The van der Waals surface area contributed by atoms with Crippen LogP contribution in [-0.2, 0) is 4.74 Å². The molecule has 0 saturated carbocycles. The van der Waals surface area contributed by atoms with Gasteiger partial charge in [0.1, 0.15) is 33.6 Å². The normalized spacial score (nSPS) is 13.7. The summed E-state index contributed by atoms with van der Waals surface area (Å²) in [6, 6.07) is 13.2. The maximum absolute atomic E-state index is 15.6. The lowest BCUT2D eigenvalue weighted by Crippen LogP contribution is -2.60. The lowest BCUT2D eigenvalue weighted by atomic mass is 10.0. The second kappa shape index (κ2) is 11.2. The number of nitrogens with one attached hydrogen (secondary N) is 1. The number of pyridine rings is 1. The van der Waals surface area contributed by atoms with E-state index in [1.807, 2.05) is 42.8 Å². The number of thiazole rings is 1. The number of rotatable bonds is 6. The zero-order valence-electron chi connectivity index (χ0n) is 24.3. The third kappa shape index (κ3) is 5.99. The third-order valence-corrected chi connectivity index (χ3v) is 7.93. The van der Waals surface area contributed by atoms with Crippen LogP contribution in [-0.4, -0.2) is 47.8 Å². The first-order chi connectivity index (χ1) is 19.8. The molecular formula is C31H32F2N6O2S. The van der Waals surface area contributed by atoms with E-state index < -0.39 is 17.5 Å². The van der Waals surface area contributed by atoms with Gasteiger partial charge < -0.3 is 19.9 Å². The van der Waals surface area contributed by atoms with Gasteiger partial charge >= 0.3 is 6.09 Å². The van der Waals surface area contributed by atoms with Crippen LogP contribution in [0.2, 0.25) is 0 Å². The number of carbonyl (C=O) groups excluding carboxylic acids is 1. The minimum atomic E-state index is -0.593. The Labute approximate surface area is 247 Å². The Hall–Kier alpha value is -4.30. The summed E-state index contributed by atoms with van der Waals surface area (Å²) in [7, 11) is 1.82. The Bertz CT molecular complexity index is 1690. The van der Waals surface area contributed by atoms with Crippen molar-refractivity contribution >= 4 is 44.8 Å². The van der Waals surface area contributed by atoms with Gasteiger partial charge in [-0.15, -0.1) is 0 Å². The van der Waals surface area contributed by atoms with Gasteiger partial charge in [-0.05, 0) is 69.2 Å². The number of amides is 1. The van der Waals surface area contributed by atoms with E-state index in [0.717, 1.165) is 5.69 Å². The van der Waals surface area contributed by atoms with Crippen LogP contribution < -0.4 is 15.1 Å². The molecule has 0 aliphatic carbocycles. The molecule has 1 fully saturated rings. The Morgan fingerprint density at radius 2 is 1.86 bits per heavy atom. The molecule has 42 heavy (non-hydrogen) atoms. The first-order valence-corrected chi connectivity index (χ1v) is 14.4. The fourth-order valence-corrected chi connectivity index (χ4v) is 5.58. The fourth-order valence-electron chi connectivity index (χ4n) is 4.72. The molecule has 11 heteroatoms. The highest BCUT2D eigenvalue weighted by atomic mass is 32.1. The summed E-state index contributed by atoms with van der Waals surface area (Å²) in [4.78, 5) is 25.7. The van der Waals surface area contributed by atoms with Gasteiger partial charge in [-0.25, -0.2) is 23.5 Å². The zero-order chi connectivity index (χ0) is 30.3. The number of benzene rings is 2. The summed E-state index contributed by atoms with van der Waals surface area (Å²) in [5.74, 6) is -0.787. The number of fused-ring (bicyclic) bond motifs is 1. The molecule has 4 aromatic rings. The number of aromatic nitrogens is 2. The lowest BCUT2D eigenvalue weighted by Gasteiger charge is -2.41. The first kappa shape index (κ1) is 29.2. The molecule has 0 unspecified atom stereocenters. The highest BCUT2D eigenvalue weighted by Crippen LogP contribution is 2.40. The Morgan fingerprint density at radius 1 is 1.17 bits per heavy atom. The van der Waals surface area contributed by atoms with Crippen molar-refractivity contribution in [2.75, 3.05) is 29.9 Å². The van der Waals surface area contributed by atoms with Gasteiger partial charge in [-0.2, -0.15) is 5.26 Å². The molecule has 5 rings (SSSR count). The number of hydrogen-bond acceptors (Lipinski definition) is 8. The van der Waals surface area contributed by atoms with E-state index in [1.54, 1.807) is 32.9 Å². The molecule has 0 atom stereocenters. The SMILES string of the molecule is CC(C)c1cc(N(C)c2nc(-c3ccc(F)cc3)c(C#N)s2)c2cc(N3CC(NC(=O)OC(C)(C)C)C3)cc(F)c2n1. The van der Waals surface area contributed by atoms with Crippen molar-refractivity contribution in [3.05, 3.63) is 64.7 Å². The second-order valence-corrected chi connectivity index (χ2v) is 12.6. The van der Waals surface area contributed by atoms with Crippen molar-refractivity contribution in [1.29, 1.82) is 5.26 Å². The van der Waals surface area contributed by atoms with Crippen LogP contribution in [0.4, 0.5) is 30.1 Å². The predicted molar refractivity (Wildman–Crippen MR) is 161 cm³/mol. The van der Waals surface area contributed by atoms with Gasteiger partial charge in [0, 0.05) is 42.5 Å².